The van der Waals surface area contributed by atoms with Gasteiger partial charge in [0.05, 0.1) is 11.9 Å². The van der Waals surface area contributed by atoms with Crippen LogP contribution in [0, 0.1) is 0 Å². The number of aromatic nitrogens is 5. The van der Waals surface area contributed by atoms with Crippen LogP contribution in [-0.4, -0.2) is 42.1 Å². The maximum absolute atomic E-state index is 12.5. The number of aromatic amines is 1. The van der Waals surface area contributed by atoms with Gasteiger partial charge < -0.3 is 15.6 Å². The molecule has 2 aromatic carbocycles. The SMILES string of the molecule is C=CC(=O)N(CCn1nc(-c2ccc3cc[nH]c3c2)c2c(N)ncnc21)Cc1ccccc1. The highest BCUT2D eigenvalue weighted by Gasteiger charge is 2.19. The third kappa shape index (κ3) is 3.94. The van der Waals surface area contributed by atoms with Crippen molar-refractivity contribution < 1.29 is 4.79 Å². The fraction of sp³-hybridized carbons (Fsp3) is 0.120. The zero-order valence-electron chi connectivity index (χ0n) is 18.0. The van der Waals surface area contributed by atoms with Crippen LogP contribution in [0.3, 0.4) is 0 Å². The molecule has 0 aliphatic carbocycles. The lowest BCUT2D eigenvalue weighted by Crippen LogP contribution is -2.32. The Kier molecular flexibility index (Phi) is 5.32. The highest BCUT2D eigenvalue weighted by Crippen LogP contribution is 2.31. The number of amides is 1. The Morgan fingerprint density at radius 3 is 2.82 bits per heavy atom. The number of fused-ring (bicyclic) bond motifs is 2. The van der Waals surface area contributed by atoms with E-state index in [9.17, 15) is 4.79 Å². The number of rotatable bonds is 7. The molecule has 3 heterocycles. The summed E-state index contributed by atoms with van der Waals surface area (Å²) in [4.78, 5) is 26.1. The quantitative estimate of drug-likeness (QED) is 0.377. The second kappa shape index (κ2) is 8.58. The van der Waals surface area contributed by atoms with Crippen LogP contribution in [0.5, 0.6) is 0 Å². The predicted octanol–water partition coefficient (Wildman–Crippen LogP) is 3.77. The average molecular weight is 438 g/mol. The minimum Gasteiger partial charge on any atom is -0.383 e. The predicted molar refractivity (Wildman–Crippen MR) is 129 cm³/mol. The van der Waals surface area contributed by atoms with Gasteiger partial charge in [-0.3, -0.25) is 4.79 Å². The molecule has 5 aromatic rings. The zero-order valence-corrected chi connectivity index (χ0v) is 18.0. The number of nitrogens with one attached hydrogen (secondary N) is 1. The maximum atomic E-state index is 12.5. The smallest absolute Gasteiger partial charge is 0.246 e. The molecular weight excluding hydrogens is 414 g/mol. The number of anilines is 1. The molecule has 0 bridgehead atoms. The first-order valence-corrected chi connectivity index (χ1v) is 10.6. The summed E-state index contributed by atoms with van der Waals surface area (Å²) in [6.07, 6.45) is 4.67. The van der Waals surface area contributed by atoms with Gasteiger partial charge in [0.25, 0.3) is 0 Å². The Hall–Kier alpha value is -4.46. The second-order valence-electron chi connectivity index (χ2n) is 7.76. The van der Waals surface area contributed by atoms with Crippen molar-refractivity contribution in [3.8, 4) is 11.3 Å². The summed E-state index contributed by atoms with van der Waals surface area (Å²) >= 11 is 0. The van der Waals surface area contributed by atoms with E-state index in [1.807, 2.05) is 60.8 Å². The van der Waals surface area contributed by atoms with Gasteiger partial charge in [-0.2, -0.15) is 5.10 Å². The summed E-state index contributed by atoms with van der Waals surface area (Å²) in [5.41, 5.74) is 10.6. The fourth-order valence-electron chi connectivity index (χ4n) is 4.00. The van der Waals surface area contributed by atoms with E-state index < -0.39 is 0 Å². The van der Waals surface area contributed by atoms with Crippen LogP contribution >= 0.6 is 0 Å². The molecule has 0 fully saturated rings. The average Bonchev–Trinajstić information content (AvgIpc) is 3.47. The Morgan fingerprint density at radius 2 is 2.00 bits per heavy atom. The van der Waals surface area contributed by atoms with Crippen molar-refractivity contribution in [2.75, 3.05) is 12.3 Å². The Morgan fingerprint density at radius 1 is 1.15 bits per heavy atom. The number of benzene rings is 2. The van der Waals surface area contributed by atoms with Crippen molar-refractivity contribution in [2.45, 2.75) is 13.1 Å². The number of nitrogens with zero attached hydrogens (tertiary/aromatic N) is 5. The Balaban J connectivity index is 1.49. The van der Waals surface area contributed by atoms with Crippen LogP contribution in [0.1, 0.15) is 5.56 Å². The normalized spacial score (nSPS) is 11.2. The fourth-order valence-corrected chi connectivity index (χ4v) is 4.00. The molecule has 0 aliphatic rings. The van der Waals surface area contributed by atoms with Crippen LogP contribution in [0.4, 0.5) is 5.82 Å². The van der Waals surface area contributed by atoms with E-state index in [1.165, 1.54) is 12.4 Å². The highest BCUT2D eigenvalue weighted by molar-refractivity contribution is 5.99. The molecule has 3 aromatic heterocycles. The van der Waals surface area contributed by atoms with Gasteiger partial charge in [0.1, 0.15) is 17.8 Å². The molecule has 0 saturated heterocycles. The minimum absolute atomic E-state index is 0.137. The first kappa shape index (κ1) is 20.4. The second-order valence-corrected chi connectivity index (χ2v) is 7.76. The molecule has 0 saturated carbocycles. The Labute approximate surface area is 190 Å². The number of nitrogen functional groups attached to an aromatic ring is 1. The molecule has 0 radical (unpaired) electrons. The van der Waals surface area contributed by atoms with Crippen LogP contribution in [-0.2, 0) is 17.9 Å². The van der Waals surface area contributed by atoms with Crippen LogP contribution in [0.25, 0.3) is 33.2 Å². The van der Waals surface area contributed by atoms with Crippen LogP contribution < -0.4 is 5.73 Å². The maximum Gasteiger partial charge on any atom is 0.246 e. The molecule has 5 rings (SSSR count). The summed E-state index contributed by atoms with van der Waals surface area (Å²) in [6.45, 7) is 5.02. The van der Waals surface area contributed by atoms with Gasteiger partial charge in [-0.05, 0) is 29.2 Å². The number of nitrogens with two attached hydrogens (primary N) is 1. The van der Waals surface area contributed by atoms with E-state index >= 15 is 0 Å². The summed E-state index contributed by atoms with van der Waals surface area (Å²) in [6, 6.07) is 18.0. The molecule has 0 unspecified atom stereocenters. The molecule has 0 aliphatic heterocycles. The van der Waals surface area contributed by atoms with Crippen LogP contribution in [0.15, 0.2) is 79.8 Å². The summed E-state index contributed by atoms with van der Waals surface area (Å²) in [5.74, 6) is 0.234. The molecule has 8 heteroatoms. The molecule has 33 heavy (non-hydrogen) atoms. The Bertz CT molecular complexity index is 1450. The molecule has 3 N–H and O–H groups in total. The molecule has 164 valence electrons. The van der Waals surface area contributed by atoms with Gasteiger partial charge >= 0.3 is 0 Å². The zero-order chi connectivity index (χ0) is 22.8. The van der Waals surface area contributed by atoms with Gasteiger partial charge in [0, 0.05) is 30.4 Å². The van der Waals surface area contributed by atoms with Crippen molar-refractivity contribution in [2.24, 2.45) is 0 Å². The number of hydrogen-bond donors (Lipinski definition) is 2. The largest absolute Gasteiger partial charge is 0.383 e. The lowest BCUT2D eigenvalue weighted by Gasteiger charge is -2.21. The van der Waals surface area contributed by atoms with Gasteiger partial charge in [-0.25, -0.2) is 14.6 Å². The van der Waals surface area contributed by atoms with Crippen LogP contribution in [0.2, 0.25) is 0 Å². The van der Waals surface area contributed by atoms with E-state index in [2.05, 4.69) is 21.5 Å². The highest BCUT2D eigenvalue weighted by atomic mass is 16.2. The van der Waals surface area contributed by atoms with E-state index in [1.54, 1.807) is 9.58 Å². The molecule has 8 nitrogen and oxygen atoms in total. The lowest BCUT2D eigenvalue weighted by molar-refractivity contribution is -0.126. The summed E-state index contributed by atoms with van der Waals surface area (Å²) in [5, 5.41) is 6.65. The number of carbonyl (C=O) groups is 1. The lowest BCUT2D eigenvalue weighted by atomic mass is 10.1. The molecule has 0 spiro atoms. The van der Waals surface area contributed by atoms with Gasteiger partial charge in [-0.15, -0.1) is 0 Å². The van der Waals surface area contributed by atoms with Gasteiger partial charge in [-0.1, -0.05) is 49.0 Å². The summed E-state index contributed by atoms with van der Waals surface area (Å²) < 4.78 is 1.79. The molecular formula is C25H23N7O. The van der Waals surface area contributed by atoms with Gasteiger partial charge in [0.2, 0.25) is 5.91 Å². The first-order valence-electron chi connectivity index (χ1n) is 10.6. The third-order valence-corrected chi connectivity index (χ3v) is 5.67. The van der Waals surface area contributed by atoms with Crippen molar-refractivity contribution in [1.82, 2.24) is 29.6 Å². The van der Waals surface area contributed by atoms with Crippen molar-refractivity contribution >= 4 is 33.7 Å². The molecule has 1 amide bonds. The molecule has 0 atom stereocenters. The number of hydrogen-bond acceptors (Lipinski definition) is 5. The van der Waals surface area contributed by atoms with E-state index in [-0.39, 0.29) is 5.91 Å². The van der Waals surface area contributed by atoms with E-state index in [0.29, 0.717) is 42.2 Å². The monoisotopic (exact) mass is 437 g/mol. The minimum atomic E-state index is -0.137. The standard InChI is InChI=1S/C25H23N7O/c1-2-21(33)31(15-17-6-4-3-5-7-17)12-13-32-25-22(24(26)28-16-29-25)23(30-32)19-9-8-18-10-11-27-20(18)14-19/h2-11,14,16,27H,1,12-13,15H2,(H2,26,28,29). The van der Waals surface area contributed by atoms with E-state index in [0.717, 1.165) is 22.0 Å². The van der Waals surface area contributed by atoms with Crippen molar-refractivity contribution in [3.63, 3.8) is 0 Å². The van der Waals surface area contributed by atoms with E-state index in [4.69, 9.17) is 10.8 Å². The van der Waals surface area contributed by atoms with Gasteiger partial charge in [0.15, 0.2) is 5.65 Å². The topological polar surface area (TPSA) is 106 Å². The first-order chi connectivity index (χ1) is 16.1. The van der Waals surface area contributed by atoms with Crippen molar-refractivity contribution in [3.05, 3.63) is 85.3 Å². The summed E-state index contributed by atoms with van der Waals surface area (Å²) in [7, 11) is 0. The third-order valence-electron chi connectivity index (χ3n) is 5.67. The number of H-pyrrole nitrogens is 1. The van der Waals surface area contributed by atoms with Crippen molar-refractivity contribution in [1.29, 1.82) is 0 Å². The number of carbonyl (C=O) groups excluding carboxylic acids is 1.